The van der Waals surface area contributed by atoms with Crippen LogP contribution in [0.5, 0.6) is 5.75 Å². The second kappa shape index (κ2) is 7.99. The number of sulfonamides is 1. The molecule has 0 spiro atoms. The molecule has 1 heterocycles. The molecule has 1 unspecified atom stereocenters. The Balaban J connectivity index is 1.75. The number of rotatable bonds is 5. The fourth-order valence-corrected chi connectivity index (χ4v) is 5.08. The normalized spacial score (nSPS) is 18.9. The molecule has 134 valence electrons. The molecule has 3 rings (SSSR count). The van der Waals surface area contributed by atoms with Crippen molar-refractivity contribution < 1.29 is 13.2 Å². The Kier molecular flexibility index (Phi) is 5.94. The van der Waals surface area contributed by atoms with E-state index in [4.69, 9.17) is 15.4 Å². The molecule has 1 fully saturated rings. The molecule has 0 bridgehead atoms. The van der Waals surface area contributed by atoms with Crippen molar-refractivity contribution in [1.82, 2.24) is 4.31 Å². The monoisotopic (exact) mass is 397 g/mol. The molecule has 7 heteroatoms. The summed E-state index contributed by atoms with van der Waals surface area (Å²) in [5, 5.41) is 0. The molecule has 2 aromatic rings. The Bertz CT molecular complexity index is 824. The summed E-state index contributed by atoms with van der Waals surface area (Å²) in [7, 11) is 3.48. The van der Waals surface area contributed by atoms with Gasteiger partial charge in [0.1, 0.15) is 11.9 Å². The third-order valence-electron chi connectivity index (χ3n) is 4.23. The zero-order valence-corrected chi connectivity index (χ0v) is 16.3. The zero-order valence-electron chi connectivity index (χ0n) is 13.9. The number of nitrogens with zero attached hydrogens (tertiary/aromatic N) is 1. The fraction of sp³-hybridized carbons (Fsp3) is 0.333. The first-order valence-corrected chi connectivity index (χ1v) is 11.2. The predicted octanol–water partition coefficient (Wildman–Crippen LogP) is 4.47. The smallest absolute Gasteiger partial charge is 0.243 e. The highest BCUT2D eigenvalue weighted by Crippen LogP contribution is 2.33. The van der Waals surface area contributed by atoms with E-state index in [0.29, 0.717) is 23.7 Å². The van der Waals surface area contributed by atoms with E-state index < -0.39 is 10.0 Å². The minimum atomic E-state index is -3.50. The molecule has 0 N–H and O–H groups in total. The lowest BCUT2D eigenvalue weighted by molar-refractivity contribution is 0.127. The van der Waals surface area contributed by atoms with Crippen LogP contribution in [0.4, 0.5) is 0 Å². The molecule has 2 aromatic carbocycles. The Morgan fingerprint density at radius 1 is 1.16 bits per heavy atom. The fourth-order valence-electron chi connectivity index (χ4n) is 2.87. The number of hydrogen-bond acceptors (Lipinski definition) is 4. The molecular weight excluding hydrogens is 378 g/mol. The van der Waals surface area contributed by atoms with E-state index in [2.05, 4.69) is 0 Å². The van der Waals surface area contributed by atoms with Gasteiger partial charge in [-0.2, -0.15) is 4.31 Å². The quantitative estimate of drug-likeness (QED) is 0.746. The number of aryl methyl sites for hydroxylation is 1. The Hall–Kier alpha value is -1.21. The summed E-state index contributed by atoms with van der Waals surface area (Å²) in [5.41, 5.74) is 1.04. The molecular formula is C18H20ClNO3S2. The topological polar surface area (TPSA) is 46.6 Å². The van der Waals surface area contributed by atoms with Crippen molar-refractivity contribution in [1.29, 1.82) is 0 Å². The van der Waals surface area contributed by atoms with Crippen LogP contribution in [0.2, 0.25) is 0 Å². The van der Waals surface area contributed by atoms with Crippen molar-refractivity contribution in [3.05, 3.63) is 54.1 Å². The van der Waals surface area contributed by atoms with Crippen LogP contribution in [0, 0.1) is 6.92 Å². The van der Waals surface area contributed by atoms with Gasteiger partial charge >= 0.3 is 0 Å². The van der Waals surface area contributed by atoms with Crippen LogP contribution in [-0.4, -0.2) is 31.9 Å². The van der Waals surface area contributed by atoms with Gasteiger partial charge in [-0.3, -0.25) is 0 Å². The van der Waals surface area contributed by atoms with Crippen molar-refractivity contribution in [2.45, 2.75) is 35.7 Å². The highest BCUT2D eigenvalue weighted by Gasteiger charge is 2.31. The van der Waals surface area contributed by atoms with Gasteiger partial charge in [-0.05, 0) is 65.7 Å². The van der Waals surface area contributed by atoms with E-state index in [1.807, 2.05) is 43.3 Å². The highest BCUT2D eigenvalue weighted by atomic mass is 35.7. The predicted molar refractivity (Wildman–Crippen MR) is 102 cm³/mol. The van der Waals surface area contributed by atoms with Gasteiger partial charge in [0.05, 0.1) is 16.3 Å². The lowest BCUT2D eigenvalue weighted by Gasteiger charge is -2.32. The molecule has 1 saturated heterocycles. The van der Waals surface area contributed by atoms with Crippen LogP contribution in [-0.2, 0) is 10.0 Å². The first-order valence-electron chi connectivity index (χ1n) is 8.12. The largest absolute Gasteiger partial charge is 0.488 e. The van der Waals surface area contributed by atoms with Gasteiger partial charge in [0.2, 0.25) is 10.0 Å². The molecule has 0 radical (unpaired) electrons. The van der Waals surface area contributed by atoms with Crippen LogP contribution in [0.1, 0.15) is 18.4 Å². The third kappa shape index (κ3) is 4.31. The second-order valence-electron chi connectivity index (χ2n) is 6.08. The molecule has 0 aliphatic carbocycles. The van der Waals surface area contributed by atoms with Crippen LogP contribution in [0.3, 0.4) is 0 Å². The van der Waals surface area contributed by atoms with Crippen molar-refractivity contribution in [2.75, 3.05) is 13.1 Å². The van der Waals surface area contributed by atoms with E-state index in [1.54, 1.807) is 12.1 Å². The minimum absolute atomic E-state index is 0.182. The van der Waals surface area contributed by atoms with Gasteiger partial charge in [0.15, 0.2) is 0 Å². The zero-order chi connectivity index (χ0) is 17.9. The van der Waals surface area contributed by atoms with E-state index in [9.17, 15) is 8.42 Å². The SMILES string of the molecule is Cc1ccc(S(=O)(=O)N2CCCC(Oc3ccccc3SCl)C2)cc1. The van der Waals surface area contributed by atoms with E-state index in [1.165, 1.54) is 4.31 Å². The minimum Gasteiger partial charge on any atom is -0.488 e. The number of para-hydroxylation sites is 1. The summed E-state index contributed by atoms with van der Waals surface area (Å²) >= 11 is 0. The highest BCUT2D eigenvalue weighted by molar-refractivity contribution is 8.21. The molecule has 25 heavy (non-hydrogen) atoms. The number of benzene rings is 2. The summed E-state index contributed by atoms with van der Waals surface area (Å²) in [4.78, 5) is 1.16. The summed E-state index contributed by atoms with van der Waals surface area (Å²) < 4.78 is 33.3. The molecule has 4 nitrogen and oxygen atoms in total. The lowest BCUT2D eigenvalue weighted by Crippen LogP contribution is -2.44. The van der Waals surface area contributed by atoms with Crippen molar-refractivity contribution in [3.8, 4) is 5.75 Å². The molecule has 1 atom stereocenters. The first kappa shape index (κ1) is 18.6. The van der Waals surface area contributed by atoms with Gasteiger partial charge in [0.25, 0.3) is 0 Å². The molecule has 0 amide bonds. The summed E-state index contributed by atoms with van der Waals surface area (Å²) in [5.74, 6) is 0.696. The Morgan fingerprint density at radius 3 is 2.60 bits per heavy atom. The third-order valence-corrected chi connectivity index (χ3v) is 7.11. The van der Waals surface area contributed by atoms with Crippen LogP contribution in [0.25, 0.3) is 0 Å². The molecule has 0 saturated carbocycles. The standard InChI is InChI=1S/C18H20ClNO3S2/c1-14-8-10-16(11-9-14)25(21,22)20-12-4-5-15(13-20)23-17-6-2-3-7-18(17)24-19/h2-3,6-11,15H,4-5,12-13H2,1H3. The second-order valence-corrected chi connectivity index (χ2v) is 9.08. The van der Waals surface area contributed by atoms with Gasteiger partial charge < -0.3 is 4.74 Å². The Morgan fingerprint density at radius 2 is 1.88 bits per heavy atom. The molecule has 1 aliphatic heterocycles. The van der Waals surface area contributed by atoms with Crippen molar-refractivity contribution >= 4 is 31.7 Å². The van der Waals surface area contributed by atoms with E-state index in [-0.39, 0.29) is 6.10 Å². The van der Waals surface area contributed by atoms with Gasteiger partial charge in [-0.1, -0.05) is 29.8 Å². The van der Waals surface area contributed by atoms with Gasteiger partial charge in [0, 0.05) is 6.54 Å². The number of hydrogen-bond donors (Lipinski definition) is 0. The molecule has 0 aromatic heterocycles. The van der Waals surface area contributed by atoms with Gasteiger partial charge in [-0.25, -0.2) is 8.42 Å². The molecule has 1 aliphatic rings. The summed E-state index contributed by atoms with van der Waals surface area (Å²) in [6, 6.07) is 14.5. The van der Waals surface area contributed by atoms with Crippen LogP contribution in [0.15, 0.2) is 58.3 Å². The van der Waals surface area contributed by atoms with Crippen LogP contribution < -0.4 is 4.74 Å². The lowest BCUT2D eigenvalue weighted by atomic mass is 10.1. The Labute approximate surface area is 157 Å². The van der Waals surface area contributed by atoms with Crippen molar-refractivity contribution in [2.24, 2.45) is 0 Å². The number of halogens is 1. The average Bonchev–Trinajstić information content (AvgIpc) is 2.63. The summed E-state index contributed by atoms with van der Waals surface area (Å²) in [6.07, 6.45) is 1.41. The maximum absolute atomic E-state index is 12.9. The maximum atomic E-state index is 12.9. The van der Waals surface area contributed by atoms with E-state index >= 15 is 0 Å². The maximum Gasteiger partial charge on any atom is 0.243 e. The number of ether oxygens (including phenoxy) is 1. The summed E-state index contributed by atoms with van der Waals surface area (Å²) in [6.45, 7) is 2.80. The first-order chi connectivity index (χ1) is 12.0. The van der Waals surface area contributed by atoms with Crippen molar-refractivity contribution in [3.63, 3.8) is 0 Å². The number of piperidine rings is 1. The van der Waals surface area contributed by atoms with Gasteiger partial charge in [-0.15, -0.1) is 0 Å². The van der Waals surface area contributed by atoms with E-state index in [0.717, 1.165) is 34.3 Å². The average molecular weight is 398 g/mol. The van der Waals surface area contributed by atoms with Crippen LogP contribution >= 0.6 is 21.7 Å².